The maximum Gasteiger partial charge on any atom is 0.151 e. The zero-order valence-corrected chi connectivity index (χ0v) is 7.31. The maximum atomic E-state index is 5.39. The third-order valence-corrected chi connectivity index (χ3v) is 3.64. The van der Waals surface area contributed by atoms with Crippen molar-refractivity contribution in [1.82, 2.24) is 4.90 Å². The average molecular weight is 166 g/mol. The highest BCUT2D eigenvalue weighted by atomic mass is 16.6. The highest BCUT2D eigenvalue weighted by Crippen LogP contribution is 2.41. The van der Waals surface area contributed by atoms with Gasteiger partial charge in [0, 0.05) is 18.5 Å². The van der Waals surface area contributed by atoms with E-state index in [-0.39, 0.29) is 0 Å². The second-order valence-electron chi connectivity index (χ2n) is 4.25. The van der Waals surface area contributed by atoms with Crippen LogP contribution < -0.4 is 0 Å². The van der Waals surface area contributed by atoms with Crippen molar-refractivity contribution < 1.29 is 4.84 Å². The quantitative estimate of drug-likeness (QED) is 0.529. The van der Waals surface area contributed by atoms with Crippen molar-refractivity contribution in [2.45, 2.75) is 25.0 Å². The van der Waals surface area contributed by atoms with Gasteiger partial charge >= 0.3 is 0 Å². The van der Waals surface area contributed by atoms with E-state index in [1.807, 2.05) is 6.21 Å². The number of fused-ring (bicyclic) bond motifs is 2. The first kappa shape index (κ1) is 6.89. The third-order valence-electron chi connectivity index (χ3n) is 3.64. The molecular weight excluding hydrogens is 152 g/mol. The maximum absolute atomic E-state index is 5.39. The van der Waals surface area contributed by atoms with Crippen molar-refractivity contribution in [3.63, 3.8) is 0 Å². The summed E-state index contributed by atoms with van der Waals surface area (Å²) in [5.74, 6) is 1.43. The topological polar surface area (TPSA) is 24.8 Å². The molecular formula is C9H14N2O. The Morgan fingerprint density at radius 2 is 2.42 bits per heavy atom. The molecule has 3 heterocycles. The Morgan fingerprint density at radius 1 is 1.50 bits per heavy atom. The fourth-order valence-electron chi connectivity index (χ4n) is 2.98. The minimum Gasteiger partial charge on any atom is -0.390 e. The van der Waals surface area contributed by atoms with Crippen LogP contribution in [0.5, 0.6) is 0 Å². The molecule has 2 saturated heterocycles. The van der Waals surface area contributed by atoms with Crippen molar-refractivity contribution in [1.29, 1.82) is 0 Å². The summed E-state index contributed by atoms with van der Waals surface area (Å²) in [6, 6.07) is 0.627. The van der Waals surface area contributed by atoms with E-state index >= 15 is 0 Å². The Hall–Kier alpha value is -0.570. The van der Waals surface area contributed by atoms with Gasteiger partial charge in [-0.1, -0.05) is 5.16 Å². The van der Waals surface area contributed by atoms with Gasteiger partial charge in [-0.3, -0.25) is 4.90 Å². The molecule has 0 unspecified atom stereocenters. The Balaban J connectivity index is 1.93. The highest BCUT2D eigenvalue weighted by molar-refractivity contribution is 5.64. The smallest absolute Gasteiger partial charge is 0.151 e. The lowest BCUT2D eigenvalue weighted by Gasteiger charge is -2.48. The second kappa shape index (κ2) is 2.22. The molecule has 0 amide bonds. The molecule has 3 heteroatoms. The Bertz CT molecular complexity index is 229. The number of oxime groups is 1. The van der Waals surface area contributed by atoms with E-state index < -0.39 is 0 Å². The summed E-state index contributed by atoms with van der Waals surface area (Å²) in [7, 11) is 2.20. The molecule has 66 valence electrons. The molecule has 0 N–H and O–H groups in total. The summed E-state index contributed by atoms with van der Waals surface area (Å²) in [5.41, 5.74) is 0. The van der Waals surface area contributed by atoms with Crippen molar-refractivity contribution in [3.05, 3.63) is 0 Å². The fourth-order valence-corrected chi connectivity index (χ4v) is 2.98. The molecule has 0 aromatic carbocycles. The number of piperidine rings is 2. The van der Waals surface area contributed by atoms with Gasteiger partial charge in [0.25, 0.3) is 0 Å². The summed E-state index contributed by atoms with van der Waals surface area (Å²) < 4.78 is 0. The largest absolute Gasteiger partial charge is 0.390 e. The number of hydrogen-bond donors (Lipinski definition) is 0. The molecule has 12 heavy (non-hydrogen) atoms. The first-order chi connectivity index (χ1) is 5.86. The number of hydrogen-bond acceptors (Lipinski definition) is 3. The van der Waals surface area contributed by atoms with Gasteiger partial charge in [0.15, 0.2) is 6.10 Å². The second-order valence-corrected chi connectivity index (χ2v) is 4.25. The first-order valence-electron chi connectivity index (χ1n) is 4.76. The highest BCUT2D eigenvalue weighted by Gasteiger charge is 2.49. The van der Waals surface area contributed by atoms with Crippen LogP contribution in [0.3, 0.4) is 0 Å². The lowest BCUT2D eigenvalue weighted by atomic mass is 9.71. The van der Waals surface area contributed by atoms with Gasteiger partial charge in [-0.15, -0.1) is 0 Å². The van der Waals surface area contributed by atoms with Crippen LogP contribution >= 0.6 is 0 Å². The molecule has 0 aromatic heterocycles. The number of likely N-dealkylation sites (N-methyl/N-ethyl adjacent to an activating group) is 1. The van der Waals surface area contributed by atoms with Crippen molar-refractivity contribution in [2.24, 2.45) is 17.0 Å². The van der Waals surface area contributed by atoms with E-state index in [1.165, 1.54) is 19.4 Å². The van der Waals surface area contributed by atoms with Gasteiger partial charge in [0.2, 0.25) is 0 Å². The van der Waals surface area contributed by atoms with Crippen molar-refractivity contribution in [3.8, 4) is 0 Å². The minimum atomic E-state index is 0.377. The Morgan fingerprint density at radius 3 is 3.25 bits per heavy atom. The lowest BCUT2D eigenvalue weighted by molar-refractivity contribution is -0.0837. The van der Waals surface area contributed by atoms with Gasteiger partial charge in [-0.2, -0.15) is 0 Å². The predicted molar refractivity (Wildman–Crippen MR) is 46.0 cm³/mol. The summed E-state index contributed by atoms with van der Waals surface area (Å²) in [4.78, 5) is 7.82. The van der Waals surface area contributed by atoms with E-state index in [1.54, 1.807) is 0 Å². The molecule has 3 nitrogen and oxygen atoms in total. The van der Waals surface area contributed by atoms with Crippen LogP contribution in [0.2, 0.25) is 0 Å². The zero-order valence-electron chi connectivity index (χ0n) is 7.31. The molecule has 1 saturated carbocycles. The molecule has 4 aliphatic rings. The van der Waals surface area contributed by atoms with Crippen LogP contribution in [0.25, 0.3) is 0 Å². The normalized spacial score (nSPS) is 50.8. The van der Waals surface area contributed by atoms with Crippen LogP contribution in [-0.2, 0) is 4.84 Å². The summed E-state index contributed by atoms with van der Waals surface area (Å²) in [5, 5.41) is 3.95. The van der Waals surface area contributed by atoms with E-state index in [0.29, 0.717) is 18.1 Å². The van der Waals surface area contributed by atoms with Gasteiger partial charge in [-0.25, -0.2) is 0 Å². The molecule has 4 rings (SSSR count). The lowest BCUT2D eigenvalue weighted by Crippen LogP contribution is -2.58. The molecule has 0 aromatic rings. The van der Waals surface area contributed by atoms with Gasteiger partial charge in [-0.05, 0) is 25.8 Å². The molecule has 1 aliphatic carbocycles. The predicted octanol–water partition coefficient (Wildman–Crippen LogP) is 0.711. The molecule has 3 fully saturated rings. The monoisotopic (exact) mass is 166 g/mol. The molecule has 0 spiro atoms. The third kappa shape index (κ3) is 0.724. The van der Waals surface area contributed by atoms with Crippen molar-refractivity contribution >= 4 is 6.21 Å². The summed E-state index contributed by atoms with van der Waals surface area (Å²) >= 11 is 0. The van der Waals surface area contributed by atoms with E-state index in [2.05, 4.69) is 17.1 Å². The van der Waals surface area contributed by atoms with Crippen molar-refractivity contribution in [2.75, 3.05) is 13.6 Å². The average Bonchev–Trinajstić information content (AvgIpc) is 2.53. The van der Waals surface area contributed by atoms with Gasteiger partial charge < -0.3 is 4.84 Å². The summed E-state index contributed by atoms with van der Waals surface area (Å²) in [6.07, 6.45) is 5.06. The molecule has 3 aliphatic heterocycles. The van der Waals surface area contributed by atoms with E-state index in [9.17, 15) is 0 Å². The van der Waals surface area contributed by atoms with E-state index in [4.69, 9.17) is 4.84 Å². The summed E-state index contributed by atoms with van der Waals surface area (Å²) in [6.45, 7) is 1.24. The number of nitrogens with zero attached hydrogens (tertiary/aromatic N) is 2. The minimum absolute atomic E-state index is 0.377. The standard InChI is InChI=1S/C9H14N2O/c1-11-5-6-2-3-8(11)9-7(6)4-10-12-9/h4,6-9H,2-3,5H2,1H3/t6-,7-,8-,9-/m0/s1. The molecule has 0 radical (unpaired) electrons. The first-order valence-corrected chi connectivity index (χ1v) is 4.76. The van der Waals surface area contributed by atoms with Crippen LogP contribution in [0.15, 0.2) is 5.16 Å². The fraction of sp³-hybridized carbons (Fsp3) is 0.889. The SMILES string of the molecule is CN1C[C@@H]2CC[C@H]1[C@H]1ON=C[C@@H]21. The Labute approximate surface area is 72.4 Å². The molecule has 4 atom stereocenters. The van der Waals surface area contributed by atoms with Gasteiger partial charge in [0.05, 0.1) is 6.21 Å². The Kier molecular flexibility index (Phi) is 1.28. The van der Waals surface area contributed by atoms with Crippen LogP contribution in [0, 0.1) is 11.8 Å². The number of rotatable bonds is 0. The van der Waals surface area contributed by atoms with Crippen LogP contribution in [0.4, 0.5) is 0 Å². The van der Waals surface area contributed by atoms with Gasteiger partial charge in [0.1, 0.15) is 0 Å². The van der Waals surface area contributed by atoms with E-state index in [0.717, 1.165) is 5.92 Å². The molecule has 2 bridgehead atoms. The van der Waals surface area contributed by atoms with Crippen LogP contribution in [-0.4, -0.2) is 36.9 Å². The zero-order chi connectivity index (χ0) is 8.13. The van der Waals surface area contributed by atoms with Crippen LogP contribution in [0.1, 0.15) is 12.8 Å².